The molecule has 27 heavy (non-hydrogen) atoms. The molecular weight excluding hydrogens is 374 g/mol. The molecule has 0 spiro atoms. The predicted octanol–water partition coefficient (Wildman–Crippen LogP) is 1.89. The van der Waals surface area contributed by atoms with Gasteiger partial charge in [-0.2, -0.15) is 0 Å². The van der Waals surface area contributed by atoms with Crippen molar-refractivity contribution in [2.75, 3.05) is 18.4 Å². The highest BCUT2D eigenvalue weighted by Gasteiger charge is 2.15. The van der Waals surface area contributed by atoms with Gasteiger partial charge in [-0.3, -0.25) is 14.9 Å². The number of nitrogens with one attached hydrogen (secondary N) is 3. The van der Waals surface area contributed by atoms with E-state index in [1.807, 2.05) is 0 Å². The first-order valence-corrected chi connectivity index (χ1v) is 9.34. The monoisotopic (exact) mass is 393 g/mol. The Kier molecular flexibility index (Phi) is 6.61. The molecule has 3 N–H and O–H groups in total. The number of ether oxygens (including phenoxy) is 2. The Hall–Kier alpha value is -3.27. The summed E-state index contributed by atoms with van der Waals surface area (Å²) in [4.78, 5) is 23.0. The summed E-state index contributed by atoms with van der Waals surface area (Å²) in [6.07, 6.45) is -0.797. The van der Waals surface area contributed by atoms with E-state index < -0.39 is 22.0 Å². The summed E-state index contributed by atoms with van der Waals surface area (Å²) >= 11 is 0. The second-order valence-corrected chi connectivity index (χ2v) is 6.84. The van der Waals surface area contributed by atoms with E-state index in [1.165, 1.54) is 31.4 Å². The Morgan fingerprint density at radius 3 is 2.15 bits per heavy atom. The first-order chi connectivity index (χ1) is 12.9. The van der Waals surface area contributed by atoms with Gasteiger partial charge in [0.25, 0.3) is 15.9 Å². The van der Waals surface area contributed by atoms with Crippen LogP contribution >= 0.6 is 0 Å². The molecule has 0 aliphatic rings. The standard InChI is InChI=1S/C17H19N3O6S/c1-3-26-17(22)19-18-16(21)12-4-10-15(11-5-12)27(23,24)20-13-6-8-14(25-2)9-7-13/h4-11,20H,3H2,1-2H3,(H,18,21)(H,19,22). The normalized spacial score (nSPS) is 10.6. The van der Waals surface area contributed by atoms with Crippen LogP contribution < -0.4 is 20.3 Å². The molecule has 144 valence electrons. The van der Waals surface area contributed by atoms with Crippen LogP contribution in [0.3, 0.4) is 0 Å². The molecule has 0 bridgehead atoms. The van der Waals surface area contributed by atoms with Gasteiger partial charge in [0.1, 0.15) is 5.75 Å². The highest BCUT2D eigenvalue weighted by Crippen LogP contribution is 2.19. The van der Waals surface area contributed by atoms with Crippen molar-refractivity contribution >= 4 is 27.7 Å². The number of hydrazine groups is 1. The van der Waals surface area contributed by atoms with Crippen molar-refractivity contribution in [2.45, 2.75) is 11.8 Å². The molecule has 0 saturated heterocycles. The number of hydrogen-bond donors (Lipinski definition) is 3. The molecule has 2 aromatic carbocycles. The summed E-state index contributed by atoms with van der Waals surface area (Å²) in [6, 6.07) is 11.6. The largest absolute Gasteiger partial charge is 0.497 e. The van der Waals surface area contributed by atoms with E-state index >= 15 is 0 Å². The van der Waals surface area contributed by atoms with Gasteiger partial charge < -0.3 is 9.47 Å². The number of carbonyl (C=O) groups is 2. The van der Waals surface area contributed by atoms with Crippen LogP contribution in [0, 0.1) is 0 Å². The maximum Gasteiger partial charge on any atom is 0.426 e. The third-order valence-corrected chi connectivity index (χ3v) is 4.72. The average molecular weight is 393 g/mol. The molecule has 0 radical (unpaired) electrons. The molecule has 0 atom stereocenters. The van der Waals surface area contributed by atoms with Crippen molar-refractivity contribution in [1.82, 2.24) is 10.9 Å². The van der Waals surface area contributed by atoms with Crippen molar-refractivity contribution in [2.24, 2.45) is 0 Å². The molecule has 2 rings (SSSR count). The van der Waals surface area contributed by atoms with Crippen LogP contribution in [0.2, 0.25) is 0 Å². The summed E-state index contributed by atoms with van der Waals surface area (Å²) in [5.41, 5.74) is 4.75. The molecule has 0 unspecified atom stereocenters. The van der Waals surface area contributed by atoms with Crippen molar-refractivity contribution in [3.8, 4) is 5.75 Å². The number of methoxy groups -OCH3 is 1. The summed E-state index contributed by atoms with van der Waals surface area (Å²) in [5, 5.41) is 0. The number of rotatable bonds is 6. The van der Waals surface area contributed by atoms with Gasteiger partial charge >= 0.3 is 6.09 Å². The molecule has 10 heteroatoms. The van der Waals surface area contributed by atoms with Gasteiger partial charge in [-0.15, -0.1) is 0 Å². The fourth-order valence-corrected chi connectivity index (χ4v) is 3.06. The minimum absolute atomic E-state index is 0.0202. The number of carbonyl (C=O) groups excluding carboxylic acids is 2. The Morgan fingerprint density at radius 2 is 1.59 bits per heavy atom. The Balaban J connectivity index is 2.03. The van der Waals surface area contributed by atoms with Crippen LogP contribution in [-0.4, -0.2) is 34.1 Å². The Bertz CT molecular complexity index is 895. The minimum atomic E-state index is -3.82. The maximum absolute atomic E-state index is 12.4. The summed E-state index contributed by atoms with van der Waals surface area (Å²) in [7, 11) is -2.31. The zero-order valence-electron chi connectivity index (χ0n) is 14.7. The van der Waals surface area contributed by atoms with Gasteiger partial charge in [0.15, 0.2) is 0 Å². The second kappa shape index (κ2) is 8.90. The lowest BCUT2D eigenvalue weighted by Gasteiger charge is -2.10. The molecule has 9 nitrogen and oxygen atoms in total. The van der Waals surface area contributed by atoms with E-state index in [1.54, 1.807) is 31.2 Å². The number of benzene rings is 2. The van der Waals surface area contributed by atoms with Crippen molar-refractivity contribution in [3.05, 3.63) is 54.1 Å². The molecule has 0 saturated carbocycles. The molecule has 0 aliphatic heterocycles. The molecule has 0 aliphatic carbocycles. The second-order valence-electron chi connectivity index (χ2n) is 5.16. The van der Waals surface area contributed by atoms with E-state index in [0.717, 1.165) is 0 Å². The van der Waals surface area contributed by atoms with E-state index in [2.05, 4.69) is 20.3 Å². The van der Waals surface area contributed by atoms with Gasteiger partial charge in [-0.1, -0.05) is 0 Å². The van der Waals surface area contributed by atoms with E-state index in [0.29, 0.717) is 11.4 Å². The Labute approximate surface area is 156 Å². The van der Waals surface area contributed by atoms with Gasteiger partial charge in [-0.05, 0) is 55.5 Å². The topological polar surface area (TPSA) is 123 Å². The number of hydrogen-bond acceptors (Lipinski definition) is 6. The van der Waals surface area contributed by atoms with Crippen LogP contribution in [0.15, 0.2) is 53.4 Å². The summed E-state index contributed by atoms with van der Waals surface area (Å²) in [5.74, 6) is -0.0140. The average Bonchev–Trinajstić information content (AvgIpc) is 2.67. The fourth-order valence-electron chi connectivity index (χ4n) is 2.01. The van der Waals surface area contributed by atoms with E-state index in [9.17, 15) is 18.0 Å². The fraction of sp³-hybridized carbons (Fsp3) is 0.176. The lowest BCUT2D eigenvalue weighted by atomic mass is 10.2. The summed E-state index contributed by atoms with van der Waals surface area (Å²) in [6.45, 7) is 1.79. The Morgan fingerprint density at radius 1 is 0.963 bits per heavy atom. The van der Waals surface area contributed by atoms with Gasteiger partial charge in [0, 0.05) is 11.3 Å². The third kappa shape index (κ3) is 5.61. The number of amides is 2. The third-order valence-electron chi connectivity index (χ3n) is 3.32. The molecule has 2 amide bonds. The lowest BCUT2D eigenvalue weighted by molar-refractivity contribution is 0.0912. The molecule has 0 heterocycles. The zero-order valence-corrected chi connectivity index (χ0v) is 15.5. The van der Waals surface area contributed by atoms with Crippen LogP contribution in [0.25, 0.3) is 0 Å². The van der Waals surface area contributed by atoms with Gasteiger partial charge in [-0.25, -0.2) is 18.6 Å². The lowest BCUT2D eigenvalue weighted by Crippen LogP contribution is -2.41. The van der Waals surface area contributed by atoms with Crippen molar-refractivity contribution in [3.63, 3.8) is 0 Å². The van der Waals surface area contributed by atoms with E-state index in [-0.39, 0.29) is 17.1 Å². The van der Waals surface area contributed by atoms with Crippen LogP contribution in [-0.2, 0) is 14.8 Å². The quantitative estimate of drug-likeness (QED) is 0.644. The molecular formula is C17H19N3O6S. The zero-order chi connectivity index (χ0) is 19.9. The van der Waals surface area contributed by atoms with Crippen molar-refractivity contribution in [1.29, 1.82) is 0 Å². The predicted molar refractivity (Wildman–Crippen MR) is 97.9 cm³/mol. The van der Waals surface area contributed by atoms with Crippen LogP contribution in [0.4, 0.5) is 10.5 Å². The highest BCUT2D eigenvalue weighted by molar-refractivity contribution is 7.92. The highest BCUT2D eigenvalue weighted by atomic mass is 32.2. The smallest absolute Gasteiger partial charge is 0.426 e. The van der Waals surface area contributed by atoms with Crippen LogP contribution in [0.1, 0.15) is 17.3 Å². The first kappa shape index (κ1) is 20.0. The van der Waals surface area contributed by atoms with Crippen molar-refractivity contribution < 1.29 is 27.5 Å². The first-order valence-electron chi connectivity index (χ1n) is 7.85. The molecule has 2 aromatic rings. The van der Waals surface area contributed by atoms with Gasteiger partial charge in [0.05, 0.1) is 18.6 Å². The molecule has 0 fully saturated rings. The van der Waals surface area contributed by atoms with Crippen LogP contribution in [0.5, 0.6) is 5.75 Å². The van der Waals surface area contributed by atoms with Gasteiger partial charge in [0.2, 0.25) is 0 Å². The summed E-state index contributed by atoms with van der Waals surface area (Å²) < 4.78 is 36.9. The maximum atomic E-state index is 12.4. The molecule has 0 aromatic heterocycles. The van der Waals surface area contributed by atoms with E-state index in [4.69, 9.17) is 4.74 Å². The number of anilines is 1. The number of sulfonamides is 1. The SMILES string of the molecule is CCOC(=O)NNC(=O)c1ccc(S(=O)(=O)Nc2ccc(OC)cc2)cc1. The minimum Gasteiger partial charge on any atom is -0.497 e.